The van der Waals surface area contributed by atoms with E-state index in [9.17, 15) is 5.26 Å². The molecule has 1 atom stereocenters. The maximum Gasteiger partial charge on any atom is 0.0753 e. The van der Waals surface area contributed by atoms with Crippen LogP contribution in [0.5, 0.6) is 0 Å². The Morgan fingerprint density at radius 3 is 2.61 bits per heavy atom. The first kappa shape index (κ1) is 12.9. The molecule has 1 unspecified atom stereocenters. The van der Waals surface area contributed by atoms with Crippen LogP contribution < -0.4 is 0 Å². The maximum absolute atomic E-state index is 9.34. The molecule has 2 aromatic carbocycles. The van der Waals surface area contributed by atoms with Gasteiger partial charge in [0.25, 0.3) is 0 Å². The molecule has 0 heterocycles. The van der Waals surface area contributed by atoms with Crippen molar-refractivity contribution in [1.29, 1.82) is 5.26 Å². The van der Waals surface area contributed by atoms with Crippen LogP contribution in [0, 0.1) is 18.3 Å². The third-order valence-electron chi connectivity index (χ3n) is 2.93. The summed E-state index contributed by atoms with van der Waals surface area (Å²) in [6, 6.07) is 18.7. The van der Waals surface area contributed by atoms with Gasteiger partial charge in [-0.15, -0.1) is 0 Å². The molecule has 2 heteroatoms. The van der Waals surface area contributed by atoms with Crippen LogP contribution in [0.1, 0.15) is 22.6 Å². The van der Waals surface area contributed by atoms with Gasteiger partial charge in [0, 0.05) is 4.47 Å². The number of halogens is 1. The van der Waals surface area contributed by atoms with E-state index in [4.69, 9.17) is 0 Å². The van der Waals surface area contributed by atoms with E-state index in [1.165, 1.54) is 11.1 Å². The molecule has 0 saturated carbocycles. The highest BCUT2D eigenvalue weighted by Crippen LogP contribution is 2.23. The average Bonchev–Trinajstić information content (AvgIpc) is 2.36. The number of benzene rings is 2. The highest BCUT2D eigenvalue weighted by atomic mass is 79.9. The fourth-order valence-electron chi connectivity index (χ4n) is 2.04. The molecule has 0 aromatic heterocycles. The van der Waals surface area contributed by atoms with Gasteiger partial charge < -0.3 is 0 Å². The third kappa shape index (κ3) is 3.21. The van der Waals surface area contributed by atoms with Crippen molar-refractivity contribution in [3.8, 4) is 6.07 Å². The minimum absolute atomic E-state index is 0.0932. The molecule has 1 nitrogen and oxygen atoms in total. The van der Waals surface area contributed by atoms with Crippen LogP contribution in [0.25, 0.3) is 0 Å². The Balaban J connectivity index is 2.23. The number of rotatable bonds is 3. The molecule has 0 spiro atoms. The second kappa shape index (κ2) is 5.84. The second-order valence-electron chi connectivity index (χ2n) is 4.43. The Bertz CT molecular complexity index is 584. The van der Waals surface area contributed by atoms with E-state index in [-0.39, 0.29) is 5.92 Å². The zero-order valence-electron chi connectivity index (χ0n) is 10.2. The predicted molar refractivity (Wildman–Crippen MR) is 77.4 cm³/mol. The highest BCUT2D eigenvalue weighted by Gasteiger charge is 2.11. The molecule has 0 aliphatic rings. The summed E-state index contributed by atoms with van der Waals surface area (Å²) in [5, 5.41) is 9.34. The Morgan fingerprint density at radius 1 is 1.17 bits per heavy atom. The van der Waals surface area contributed by atoms with Gasteiger partial charge in [-0.3, -0.25) is 0 Å². The lowest BCUT2D eigenvalue weighted by atomic mass is 9.93. The highest BCUT2D eigenvalue weighted by molar-refractivity contribution is 9.10. The first-order chi connectivity index (χ1) is 8.69. The quantitative estimate of drug-likeness (QED) is 0.812. The summed E-state index contributed by atoms with van der Waals surface area (Å²) in [6.45, 7) is 2.07. The van der Waals surface area contributed by atoms with Gasteiger partial charge in [0.15, 0.2) is 0 Å². The van der Waals surface area contributed by atoms with Crippen LogP contribution in [-0.4, -0.2) is 0 Å². The molecule has 0 radical (unpaired) electrons. The number of hydrogen-bond donors (Lipinski definition) is 0. The number of nitriles is 1. The van der Waals surface area contributed by atoms with Gasteiger partial charge >= 0.3 is 0 Å². The van der Waals surface area contributed by atoms with Gasteiger partial charge in [0.1, 0.15) is 0 Å². The van der Waals surface area contributed by atoms with Crippen molar-refractivity contribution in [3.05, 3.63) is 69.7 Å². The summed E-state index contributed by atoms with van der Waals surface area (Å²) in [6.07, 6.45) is 0.759. The van der Waals surface area contributed by atoms with Crippen LogP contribution in [0.2, 0.25) is 0 Å². The average molecular weight is 300 g/mol. The molecule has 0 amide bonds. The molecule has 2 rings (SSSR count). The normalized spacial score (nSPS) is 11.8. The summed E-state index contributed by atoms with van der Waals surface area (Å²) in [5.74, 6) is -0.0932. The Morgan fingerprint density at radius 2 is 1.94 bits per heavy atom. The number of aryl methyl sites for hydroxylation is 1. The molecule has 0 saturated heterocycles. The van der Waals surface area contributed by atoms with Crippen LogP contribution in [-0.2, 0) is 6.42 Å². The van der Waals surface area contributed by atoms with E-state index < -0.39 is 0 Å². The molecule has 0 N–H and O–H groups in total. The fourth-order valence-corrected chi connectivity index (χ4v) is 2.45. The van der Waals surface area contributed by atoms with E-state index in [1.807, 2.05) is 30.3 Å². The molecule has 90 valence electrons. The lowest BCUT2D eigenvalue weighted by Crippen LogP contribution is -2.00. The van der Waals surface area contributed by atoms with E-state index in [2.05, 4.69) is 47.1 Å². The number of hydrogen-bond acceptors (Lipinski definition) is 1. The van der Waals surface area contributed by atoms with Gasteiger partial charge in [-0.1, -0.05) is 57.9 Å². The molecular weight excluding hydrogens is 286 g/mol. The van der Waals surface area contributed by atoms with Crippen molar-refractivity contribution < 1.29 is 0 Å². The Labute approximate surface area is 116 Å². The fraction of sp³-hybridized carbons (Fsp3) is 0.188. The van der Waals surface area contributed by atoms with Crippen LogP contribution >= 0.6 is 15.9 Å². The summed E-state index contributed by atoms with van der Waals surface area (Å²) >= 11 is 3.45. The molecule has 0 aliphatic carbocycles. The summed E-state index contributed by atoms with van der Waals surface area (Å²) in [4.78, 5) is 0. The Hall–Kier alpha value is -1.59. The van der Waals surface area contributed by atoms with Crippen LogP contribution in [0.4, 0.5) is 0 Å². The van der Waals surface area contributed by atoms with Crippen molar-refractivity contribution >= 4 is 15.9 Å². The van der Waals surface area contributed by atoms with Gasteiger partial charge in [-0.05, 0) is 36.6 Å². The third-order valence-corrected chi connectivity index (χ3v) is 3.42. The monoisotopic (exact) mass is 299 g/mol. The minimum atomic E-state index is -0.0932. The maximum atomic E-state index is 9.34. The first-order valence-electron chi connectivity index (χ1n) is 5.89. The summed E-state index contributed by atoms with van der Waals surface area (Å²) in [7, 11) is 0. The van der Waals surface area contributed by atoms with Gasteiger partial charge in [0.2, 0.25) is 0 Å². The van der Waals surface area contributed by atoms with E-state index in [1.54, 1.807) is 0 Å². The zero-order chi connectivity index (χ0) is 13.0. The van der Waals surface area contributed by atoms with Gasteiger partial charge in [-0.25, -0.2) is 0 Å². The SMILES string of the molecule is Cc1cccc(CC(C#N)c2cccc(Br)c2)c1. The number of nitrogens with zero attached hydrogens (tertiary/aromatic N) is 1. The van der Waals surface area contributed by atoms with Crippen LogP contribution in [0.3, 0.4) is 0 Å². The standard InChI is InChI=1S/C16H14BrN/c1-12-4-2-5-13(8-12)9-15(11-18)14-6-3-7-16(17)10-14/h2-8,10,15H,9H2,1H3. The lowest BCUT2D eigenvalue weighted by Gasteiger charge is -2.10. The van der Waals surface area contributed by atoms with Gasteiger partial charge in [-0.2, -0.15) is 5.26 Å². The molecule has 0 aliphatic heterocycles. The molecule has 0 fully saturated rings. The zero-order valence-corrected chi connectivity index (χ0v) is 11.8. The molecular formula is C16H14BrN. The smallest absolute Gasteiger partial charge is 0.0753 e. The first-order valence-corrected chi connectivity index (χ1v) is 6.69. The predicted octanol–water partition coefficient (Wildman–Crippen LogP) is 4.61. The van der Waals surface area contributed by atoms with Gasteiger partial charge in [0.05, 0.1) is 12.0 Å². The molecule has 0 bridgehead atoms. The van der Waals surface area contributed by atoms with Crippen LogP contribution in [0.15, 0.2) is 53.0 Å². The van der Waals surface area contributed by atoms with E-state index in [0.29, 0.717) is 0 Å². The lowest BCUT2D eigenvalue weighted by molar-refractivity contribution is 0.847. The van der Waals surface area contributed by atoms with Crippen molar-refractivity contribution in [2.24, 2.45) is 0 Å². The molecule has 2 aromatic rings. The second-order valence-corrected chi connectivity index (χ2v) is 5.35. The summed E-state index contributed by atoms with van der Waals surface area (Å²) < 4.78 is 1.02. The van der Waals surface area contributed by atoms with Crippen molar-refractivity contribution in [3.63, 3.8) is 0 Å². The minimum Gasteiger partial charge on any atom is -0.198 e. The van der Waals surface area contributed by atoms with Crippen molar-refractivity contribution in [1.82, 2.24) is 0 Å². The summed E-state index contributed by atoms with van der Waals surface area (Å²) in [5.41, 5.74) is 3.51. The van der Waals surface area contributed by atoms with Crippen molar-refractivity contribution in [2.45, 2.75) is 19.3 Å². The topological polar surface area (TPSA) is 23.8 Å². The van der Waals surface area contributed by atoms with E-state index in [0.717, 1.165) is 16.5 Å². The molecule has 18 heavy (non-hydrogen) atoms. The van der Waals surface area contributed by atoms with E-state index >= 15 is 0 Å². The van der Waals surface area contributed by atoms with Crippen molar-refractivity contribution in [2.75, 3.05) is 0 Å². The Kier molecular flexibility index (Phi) is 4.17. The largest absolute Gasteiger partial charge is 0.198 e.